The molecule has 0 bridgehead atoms. The molecule has 3 rings (SSSR count). The van der Waals surface area contributed by atoms with Crippen LogP contribution in [0.15, 0.2) is 42.5 Å². The SMILES string of the molecule is CCC1CCCCN1C(=O)COC(=O)c1cccc2ccccc12. The van der Waals surface area contributed by atoms with Gasteiger partial charge >= 0.3 is 5.97 Å². The molecule has 0 spiro atoms. The van der Waals surface area contributed by atoms with Gasteiger partial charge in [0.1, 0.15) is 0 Å². The Bertz CT molecular complexity index is 735. The average molecular weight is 325 g/mol. The Hall–Kier alpha value is -2.36. The molecule has 0 N–H and O–H groups in total. The number of rotatable bonds is 4. The minimum absolute atomic E-state index is 0.0878. The molecule has 1 aliphatic rings. The Morgan fingerprint density at radius 2 is 1.92 bits per heavy atom. The molecule has 1 saturated heterocycles. The normalized spacial score (nSPS) is 17.7. The lowest BCUT2D eigenvalue weighted by Crippen LogP contribution is -2.45. The number of fused-ring (bicyclic) bond motifs is 1. The van der Waals surface area contributed by atoms with Crippen molar-refractivity contribution in [1.29, 1.82) is 0 Å². The zero-order valence-electron chi connectivity index (χ0n) is 14.0. The molecule has 1 atom stereocenters. The summed E-state index contributed by atoms with van der Waals surface area (Å²) in [7, 11) is 0. The Kier molecular flexibility index (Phi) is 5.14. The molecule has 0 radical (unpaired) electrons. The van der Waals surface area contributed by atoms with Gasteiger partial charge in [-0.05, 0) is 42.5 Å². The highest BCUT2D eigenvalue weighted by Gasteiger charge is 2.26. The van der Waals surface area contributed by atoms with Gasteiger partial charge in [0.15, 0.2) is 6.61 Å². The fraction of sp³-hybridized carbons (Fsp3) is 0.400. The number of likely N-dealkylation sites (tertiary alicyclic amines) is 1. The predicted molar refractivity (Wildman–Crippen MR) is 93.9 cm³/mol. The summed E-state index contributed by atoms with van der Waals surface area (Å²) in [6.07, 6.45) is 4.18. The maximum absolute atomic E-state index is 12.4. The van der Waals surface area contributed by atoms with Crippen molar-refractivity contribution in [1.82, 2.24) is 4.90 Å². The number of benzene rings is 2. The summed E-state index contributed by atoms with van der Waals surface area (Å²) >= 11 is 0. The molecule has 0 saturated carbocycles. The van der Waals surface area contributed by atoms with E-state index in [1.807, 2.05) is 41.3 Å². The largest absolute Gasteiger partial charge is 0.452 e. The number of esters is 1. The first-order valence-electron chi connectivity index (χ1n) is 8.65. The number of hydrogen-bond acceptors (Lipinski definition) is 3. The summed E-state index contributed by atoms with van der Waals surface area (Å²) in [4.78, 5) is 26.7. The van der Waals surface area contributed by atoms with Crippen LogP contribution in [-0.4, -0.2) is 36.0 Å². The van der Waals surface area contributed by atoms with Crippen molar-refractivity contribution in [3.8, 4) is 0 Å². The highest BCUT2D eigenvalue weighted by molar-refractivity contribution is 6.04. The van der Waals surface area contributed by atoms with Crippen molar-refractivity contribution in [2.75, 3.05) is 13.2 Å². The van der Waals surface area contributed by atoms with Crippen LogP contribution in [0.5, 0.6) is 0 Å². The first-order chi connectivity index (χ1) is 11.7. The monoisotopic (exact) mass is 325 g/mol. The highest BCUT2D eigenvalue weighted by atomic mass is 16.5. The second-order valence-electron chi connectivity index (χ2n) is 6.25. The van der Waals surface area contributed by atoms with Crippen LogP contribution in [0, 0.1) is 0 Å². The molecule has 0 aliphatic carbocycles. The molecule has 4 nitrogen and oxygen atoms in total. The van der Waals surface area contributed by atoms with E-state index in [4.69, 9.17) is 4.74 Å². The van der Waals surface area contributed by atoms with Gasteiger partial charge in [-0.1, -0.05) is 43.3 Å². The van der Waals surface area contributed by atoms with Gasteiger partial charge in [-0.15, -0.1) is 0 Å². The fourth-order valence-electron chi connectivity index (χ4n) is 3.44. The standard InChI is InChI=1S/C20H23NO3/c1-2-16-10-5-6-13-21(16)19(22)14-24-20(23)18-12-7-9-15-8-3-4-11-17(15)18/h3-4,7-9,11-12,16H,2,5-6,10,13-14H2,1H3. The van der Waals surface area contributed by atoms with Crippen LogP contribution in [0.1, 0.15) is 43.0 Å². The molecular formula is C20H23NO3. The van der Waals surface area contributed by atoms with E-state index in [0.29, 0.717) is 5.56 Å². The van der Waals surface area contributed by atoms with Gasteiger partial charge in [-0.3, -0.25) is 4.79 Å². The number of ether oxygens (including phenoxy) is 1. The van der Waals surface area contributed by atoms with Crippen molar-refractivity contribution in [3.05, 3.63) is 48.0 Å². The van der Waals surface area contributed by atoms with E-state index >= 15 is 0 Å². The lowest BCUT2D eigenvalue weighted by Gasteiger charge is -2.35. The molecule has 1 aliphatic heterocycles. The van der Waals surface area contributed by atoms with E-state index < -0.39 is 5.97 Å². The average Bonchev–Trinajstić information content (AvgIpc) is 2.65. The quantitative estimate of drug-likeness (QED) is 0.804. The van der Waals surface area contributed by atoms with E-state index in [0.717, 1.165) is 43.0 Å². The Labute approximate surface area is 142 Å². The molecule has 24 heavy (non-hydrogen) atoms. The van der Waals surface area contributed by atoms with Crippen molar-refractivity contribution >= 4 is 22.6 Å². The maximum atomic E-state index is 12.4. The van der Waals surface area contributed by atoms with Gasteiger partial charge in [0.25, 0.3) is 5.91 Å². The van der Waals surface area contributed by atoms with Crippen LogP contribution in [0.2, 0.25) is 0 Å². The number of hydrogen-bond donors (Lipinski definition) is 0. The van der Waals surface area contributed by atoms with Crippen LogP contribution in [0.4, 0.5) is 0 Å². The summed E-state index contributed by atoms with van der Waals surface area (Å²) in [5.41, 5.74) is 0.506. The third kappa shape index (κ3) is 3.42. The van der Waals surface area contributed by atoms with Gasteiger partial charge in [0.2, 0.25) is 0 Å². The van der Waals surface area contributed by atoms with Crippen LogP contribution in [0.25, 0.3) is 10.8 Å². The summed E-state index contributed by atoms with van der Waals surface area (Å²) in [5.74, 6) is -0.527. The van der Waals surface area contributed by atoms with Crippen LogP contribution >= 0.6 is 0 Å². The summed E-state index contributed by atoms with van der Waals surface area (Å²) < 4.78 is 5.31. The minimum atomic E-state index is -0.440. The molecule has 0 aromatic heterocycles. The second kappa shape index (κ2) is 7.47. The first-order valence-corrected chi connectivity index (χ1v) is 8.65. The summed E-state index contributed by atoms with van der Waals surface area (Å²) in [5, 5.41) is 1.84. The second-order valence-corrected chi connectivity index (χ2v) is 6.25. The number of nitrogens with zero attached hydrogens (tertiary/aromatic N) is 1. The lowest BCUT2D eigenvalue weighted by molar-refractivity contribution is -0.138. The number of piperidine rings is 1. The van der Waals surface area contributed by atoms with Crippen molar-refractivity contribution in [2.45, 2.75) is 38.6 Å². The molecule has 126 valence electrons. The maximum Gasteiger partial charge on any atom is 0.339 e. The van der Waals surface area contributed by atoms with E-state index in [1.165, 1.54) is 0 Å². The van der Waals surface area contributed by atoms with E-state index in [1.54, 1.807) is 6.07 Å². The molecule has 1 fully saturated rings. The molecule has 1 unspecified atom stereocenters. The summed E-state index contributed by atoms with van der Waals surface area (Å²) in [6.45, 7) is 2.68. The fourth-order valence-corrected chi connectivity index (χ4v) is 3.44. The topological polar surface area (TPSA) is 46.6 Å². The van der Waals surface area contributed by atoms with Gasteiger partial charge in [-0.2, -0.15) is 0 Å². The Morgan fingerprint density at radius 3 is 2.75 bits per heavy atom. The zero-order valence-corrected chi connectivity index (χ0v) is 14.0. The number of carbonyl (C=O) groups excluding carboxylic acids is 2. The molecule has 4 heteroatoms. The van der Waals surface area contributed by atoms with Gasteiger partial charge < -0.3 is 9.64 Å². The van der Waals surface area contributed by atoms with Crippen LogP contribution in [0.3, 0.4) is 0 Å². The van der Waals surface area contributed by atoms with Gasteiger partial charge in [-0.25, -0.2) is 4.79 Å². The van der Waals surface area contributed by atoms with Gasteiger partial charge in [0, 0.05) is 12.6 Å². The minimum Gasteiger partial charge on any atom is -0.452 e. The van der Waals surface area contributed by atoms with Crippen LogP contribution < -0.4 is 0 Å². The molecule has 2 aromatic rings. The molecule has 1 amide bonds. The van der Waals surface area contributed by atoms with E-state index in [9.17, 15) is 9.59 Å². The van der Waals surface area contributed by atoms with Gasteiger partial charge in [0.05, 0.1) is 5.56 Å². The lowest BCUT2D eigenvalue weighted by atomic mass is 10.00. The Morgan fingerprint density at radius 1 is 1.12 bits per heavy atom. The zero-order chi connectivity index (χ0) is 16.9. The smallest absolute Gasteiger partial charge is 0.339 e. The molecule has 2 aromatic carbocycles. The summed E-state index contributed by atoms with van der Waals surface area (Å²) in [6, 6.07) is 13.5. The van der Waals surface area contributed by atoms with E-state index in [2.05, 4.69) is 6.92 Å². The third-order valence-corrected chi connectivity index (χ3v) is 4.76. The van der Waals surface area contributed by atoms with Crippen molar-refractivity contribution < 1.29 is 14.3 Å². The number of amides is 1. The molecule has 1 heterocycles. The highest BCUT2D eigenvalue weighted by Crippen LogP contribution is 2.21. The molecular weight excluding hydrogens is 302 g/mol. The number of carbonyl (C=O) groups is 2. The van der Waals surface area contributed by atoms with E-state index in [-0.39, 0.29) is 18.6 Å². The van der Waals surface area contributed by atoms with Crippen LogP contribution in [-0.2, 0) is 9.53 Å². The first kappa shape index (κ1) is 16.5. The Balaban J connectivity index is 1.67. The van der Waals surface area contributed by atoms with Crippen molar-refractivity contribution in [2.24, 2.45) is 0 Å². The predicted octanol–water partition coefficient (Wildman–Crippen LogP) is 3.79. The third-order valence-electron chi connectivity index (χ3n) is 4.76. The van der Waals surface area contributed by atoms with Crippen molar-refractivity contribution in [3.63, 3.8) is 0 Å².